The molecule has 2 aromatic rings. The minimum atomic E-state index is -3.66. The zero-order valence-electron chi connectivity index (χ0n) is 13.7. The first-order valence-electron chi connectivity index (χ1n) is 7.46. The Morgan fingerprint density at radius 1 is 1.12 bits per heavy atom. The first-order chi connectivity index (χ1) is 11.4. The van der Waals surface area contributed by atoms with Crippen LogP contribution < -0.4 is 9.73 Å². The van der Waals surface area contributed by atoms with Gasteiger partial charge in [-0.1, -0.05) is 29.8 Å². The van der Waals surface area contributed by atoms with Gasteiger partial charge in [0.1, 0.15) is 0 Å². The van der Waals surface area contributed by atoms with Gasteiger partial charge in [-0.2, -0.15) is 13.5 Å². The fourth-order valence-corrected chi connectivity index (χ4v) is 2.83. The van der Waals surface area contributed by atoms with Gasteiger partial charge in [0, 0.05) is 19.3 Å². The molecule has 0 aliphatic carbocycles. The first kappa shape index (κ1) is 18.0. The number of rotatable bonds is 7. The van der Waals surface area contributed by atoms with E-state index in [1.54, 1.807) is 24.3 Å². The fourth-order valence-electron chi connectivity index (χ4n) is 2.03. The van der Waals surface area contributed by atoms with Crippen LogP contribution in [0.15, 0.2) is 58.5 Å². The molecule has 6 nitrogen and oxygen atoms in total. The van der Waals surface area contributed by atoms with Gasteiger partial charge < -0.3 is 10.0 Å². The third-order valence-electron chi connectivity index (χ3n) is 3.49. The minimum Gasteiger partial charge on any atom is -0.395 e. The Balaban J connectivity index is 2.02. The van der Waals surface area contributed by atoms with Crippen LogP contribution in [0.3, 0.4) is 0 Å². The van der Waals surface area contributed by atoms with Crippen molar-refractivity contribution in [2.24, 2.45) is 5.10 Å². The monoisotopic (exact) mass is 347 g/mol. The second-order valence-electron chi connectivity index (χ2n) is 5.40. The van der Waals surface area contributed by atoms with Crippen molar-refractivity contribution in [2.45, 2.75) is 11.8 Å². The Kier molecular flexibility index (Phi) is 5.94. The number of hydrazone groups is 1. The Hall–Kier alpha value is -2.38. The largest absolute Gasteiger partial charge is 0.395 e. The van der Waals surface area contributed by atoms with E-state index in [4.69, 9.17) is 5.11 Å². The summed E-state index contributed by atoms with van der Waals surface area (Å²) in [5.41, 5.74) is 2.72. The standard InChI is InChI=1S/C17H21N3O3S/c1-14-3-9-17(10-4-14)24(22,23)19-18-13-15-5-7-16(8-6-15)20(2)11-12-21/h3-10,13,19,21H,11-12H2,1-2H3/b18-13+. The van der Waals surface area contributed by atoms with Crippen LogP contribution in [0.4, 0.5) is 5.69 Å². The van der Waals surface area contributed by atoms with E-state index < -0.39 is 10.0 Å². The summed E-state index contributed by atoms with van der Waals surface area (Å²) in [7, 11) is -1.78. The molecule has 2 rings (SSSR count). The quantitative estimate of drug-likeness (QED) is 0.590. The van der Waals surface area contributed by atoms with Crippen LogP contribution in [0, 0.1) is 6.92 Å². The predicted octanol–water partition coefficient (Wildman–Crippen LogP) is 1.74. The van der Waals surface area contributed by atoms with Gasteiger partial charge in [-0.25, -0.2) is 4.83 Å². The maximum Gasteiger partial charge on any atom is 0.276 e. The zero-order valence-corrected chi connectivity index (χ0v) is 14.5. The lowest BCUT2D eigenvalue weighted by Gasteiger charge is -2.17. The third kappa shape index (κ3) is 4.81. The van der Waals surface area contributed by atoms with Crippen LogP contribution in [0.2, 0.25) is 0 Å². The number of hydrogen-bond donors (Lipinski definition) is 2. The third-order valence-corrected chi connectivity index (χ3v) is 4.73. The molecule has 0 heterocycles. The van der Waals surface area contributed by atoms with E-state index in [0.29, 0.717) is 6.54 Å². The molecule has 0 fully saturated rings. The summed E-state index contributed by atoms with van der Waals surface area (Å²) in [4.78, 5) is 4.29. The summed E-state index contributed by atoms with van der Waals surface area (Å²) in [5.74, 6) is 0. The van der Waals surface area contributed by atoms with Gasteiger partial charge in [0.05, 0.1) is 17.7 Å². The molecule has 7 heteroatoms. The highest BCUT2D eigenvalue weighted by atomic mass is 32.2. The molecule has 0 saturated carbocycles. The Labute approximate surface area is 142 Å². The highest BCUT2D eigenvalue weighted by Crippen LogP contribution is 2.13. The lowest BCUT2D eigenvalue weighted by Crippen LogP contribution is -2.21. The lowest BCUT2D eigenvalue weighted by atomic mass is 10.2. The van der Waals surface area contributed by atoms with Crippen LogP contribution in [0.25, 0.3) is 0 Å². The molecule has 0 saturated heterocycles. The van der Waals surface area contributed by atoms with E-state index in [0.717, 1.165) is 16.8 Å². The van der Waals surface area contributed by atoms with Crippen molar-refractivity contribution in [1.29, 1.82) is 0 Å². The van der Waals surface area contributed by atoms with E-state index in [1.165, 1.54) is 6.21 Å². The summed E-state index contributed by atoms with van der Waals surface area (Å²) in [5, 5.41) is 12.7. The summed E-state index contributed by atoms with van der Waals surface area (Å²) in [6.45, 7) is 2.52. The average molecular weight is 347 g/mol. The number of sulfonamides is 1. The molecule has 0 aromatic heterocycles. The Bertz CT molecular complexity index is 785. The number of aliphatic hydroxyl groups is 1. The molecule has 0 bridgehead atoms. The molecule has 0 atom stereocenters. The number of hydrogen-bond acceptors (Lipinski definition) is 5. The van der Waals surface area contributed by atoms with Gasteiger partial charge >= 0.3 is 0 Å². The van der Waals surface area contributed by atoms with Crippen LogP contribution in [-0.4, -0.2) is 39.9 Å². The molecule has 24 heavy (non-hydrogen) atoms. The van der Waals surface area contributed by atoms with Crippen molar-refractivity contribution in [2.75, 3.05) is 25.1 Å². The predicted molar refractivity (Wildman–Crippen MR) is 95.9 cm³/mol. The zero-order chi connectivity index (χ0) is 17.6. The van der Waals surface area contributed by atoms with Crippen LogP contribution in [0.5, 0.6) is 0 Å². The fraction of sp³-hybridized carbons (Fsp3) is 0.235. The highest BCUT2D eigenvalue weighted by molar-refractivity contribution is 7.89. The summed E-state index contributed by atoms with van der Waals surface area (Å²) >= 11 is 0. The van der Waals surface area contributed by atoms with E-state index in [-0.39, 0.29) is 11.5 Å². The van der Waals surface area contributed by atoms with Crippen molar-refractivity contribution < 1.29 is 13.5 Å². The molecule has 0 aliphatic heterocycles. The number of nitrogens with one attached hydrogen (secondary N) is 1. The molecule has 0 spiro atoms. The second kappa shape index (κ2) is 7.94. The van der Waals surface area contributed by atoms with E-state index in [2.05, 4.69) is 9.93 Å². The van der Waals surface area contributed by atoms with Gasteiger partial charge in [0.15, 0.2) is 0 Å². The Morgan fingerprint density at radius 3 is 2.33 bits per heavy atom. The summed E-state index contributed by atoms with van der Waals surface area (Å²) in [6.07, 6.45) is 1.45. The molecular formula is C17H21N3O3S. The molecule has 0 amide bonds. The lowest BCUT2D eigenvalue weighted by molar-refractivity contribution is 0.304. The molecular weight excluding hydrogens is 326 g/mol. The topological polar surface area (TPSA) is 82.0 Å². The molecule has 0 radical (unpaired) electrons. The van der Waals surface area contributed by atoms with Gasteiger partial charge in [-0.3, -0.25) is 0 Å². The Morgan fingerprint density at radius 2 is 1.75 bits per heavy atom. The number of likely N-dealkylation sites (N-methyl/N-ethyl adjacent to an activating group) is 1. The van der Waals surface area contributed by atoms with Gasteiger partial charge in [0.2, 0.25) is 0 Å². The highest BCUT2D eigenvalue weighted by Gasteiger charge is 2.11. The SMILES string of the molecule is Cc1ccc(S(=O)(=O)N/N=C/c2ccc(N(C)CCO)cc2)cc1. The second-order valence-corrected chi connectivity index (χ2v) is 7.06. The van der Waals surface area contributed by atoms with E-state index in [1.807, 2.05) is 43.1 Å². The van der Waals surface area contributed by atoms with Gasteiger partial charge in [-0.15, -0.1) is 0 Å². The smallest absolute Gasteiger partial charge is 0.276 e. The van der Waals surface area contributed by atoms with Crippen molar-refractivity contribution in [1.82, 2.24) is 4.83 Å². The number of nitrogens with zero attached hydrogens (tertiary/aromatic N) is 2. The van der Waals surface area contributed by atoms with Crippen molar-refractivity contribution in [3.8, 4) is 0 Å². The summed E-state index contributed by atoms with van der Waals surface area (Å²) < 4.78 is 24.2. The van der Waals surface area contributed by atoms with Crippen molar-refractivity contribution in [3.63, 3.8) is 0 Å². The van der Waals surface area contributed by atoms with Gasteiger partial charge in [0.25, 0.3) is 10.0 Å². The number of aliphatic hydroxyl groups excluding tert-OH is 1. The number of benzene rings is 2. The normalized spacial score (nSPS) is 11.6. The maximum absolute atomic E-state index is 12.1. The van der Waals surface area contributed by atoms with E-state index in [9.17, 15) is 8.42 Å². The molecule has 2 N–H and O–H groups in total. The van der Waals surface area contributed by atoms with Crippen LogP contribution >= 0.6 is 0 Å². The van der Waals surface area contributed by atoms with Crippen LogP contribution in [-0.2, 0) is 10.0 Å². The molecule has 2 aromatic carbocycles. The van der Waals surface area contributed by atoms with Gasteiger partial charge in [-0.05, 0) is 36.8 Å². The molecule has 128 valence electrons. The maximum atomic E-state index is 12.1. The first-order valence-corrected chi connectivity index (χ1v) is 8.94. The summed E-state index contributed by atoms with van der Waals surface area (Å²) in [6, 6.07) is 14.0. The van der Waals surface area contributed by atoms with Crippen LogP contribution in [0.1, 0.15) is 11.1 Å². The number of anilines is 1. The van der Waals surface area contributed by atoms with Crippen molar-refractivity contribution in [3.05, 3.63) is 59.7 Å². The van der Waals surface area contributed by atoms with E-state index >= 15 is 0 Å². The molecule has 0 unspecified atom stereocenters. The average Bonchev–Trinajstić information content (AvgIpc) is 2.56. The minimum absolute atomic E-state index is 0.0838. The molecule has 0 aliphatic rings. The number of aryl methyl sites for hydroxylation is 1. The van der Waals surface area contributed by atoms with Crippen molar-refractivity contribution >= 4 is 21.9 Å².